The van der Waals surface area contributed by atoms with Gasteiger partial charge in [-0.05, 0) is 34.8 Å². The summed E-state index contributed by atoms with van der Waals surface area (Å²) in [6.07, 6.45) is 0. The molecular weight excluding hydrogens is 312 g/mol. The third kappa shape index (κ3) is 2.70. The molecule has 0 aromatic carbocycles. The lowest BCUT2D eigenvalue weighted by atomic mass is 13.8. The van der Waals surface area contributed by atoms with Gasteiger partial charge in [-0.3, -0.25) is 0 Å². The Morgan fingerprint density at radius 1 is 1.27 bits per heavy atom. The van der Waals surface area contributed by atoms with Crippen LogP contribution in [0, 0.1) is 0 Å². The van der Waals surface area contributed by atoms with E-state index < -0.39 is 22.4 Å². The molecule has 0 saturated heterocycles. The molecule has 0 aliphatic carbocycles. The Morgan fingerprint density at radius 2 is 1.82 bits per heavy atom. The van der Waals surface area contributed by atoms with Gasteiger partial charge in [0, 0.05) is 0 Å². The zero-order valence-electron chi connectivity index (χ0n) is 4.63. The second-order valence-electron chi connectivity index (χ2n) is 1.35. The van der Waals surface area contributed by atoms with Gasteiger partial charge in [0.05, 0.1) is 0 Å². The van der Waals surface area contributed by atoms with E-state index in [9.17, 15) is 0 Å². The van der Waals surface area contributed by atoms with Crippen LogP contribution in [0.25, 0.3) is 0 Å². The Kier molecular flexibility index (Phi) is 5.04. The van der Waals surface area contributed by atoms with Gasteiger partial charge in [-0.25, -0.2) is 4.52 Å². The van der Waals surface area contributed by atoms with E-state index in [1.54, 1.807) is 0 Å². The third-order valence-electron chi connectivity index (χ3n) is 0.735. The molecule has 0 saturated carbocycles. The summed E-state index contributed by atoms with van der Waals surface area (Å²) in [5, 5.41) is 0. The van der Waals surface area contributed by atoms with Gasteiger partial charge < -0.3 is 0 Å². The standard InChI is InChI=1S/Cl5HN3P3/c1-7-9(3)6-10(4)8(2)11(7)5/h9H. The molecule has 1 rings (SSSR count). The predicted octanol–water partition coefficient (Wildman–Crippen LogP) is 5.31. The summed E-state index contributed by atoms with van der Waals surface area (Å²) in [4.78, 5) is 0. The fourth-order valence-electron chi connectivity index (χ4n) is 0.336. The molecule has 1 aliphatic rings. The van der Waals surface area contributed by atoms with Crippen LogP contribution in [-0.4, -0.2) is 7.92 Å². The monoisotopic (exact) mass is 311 g/mol. The van der Waals surface area contributed by atoms with Gasteiger partial charge in [-0.15, -0.1) is 7.92 Å². The molecule has 11 heavy (non-hydrogen) atoms. The first-order valence-electron chi connectivity index (χ1n) is 2.11. The number of hydrogen-bond donors (Lipinski definition) is 0. The van der Waals surface area contributed by atoms with Crippen molar-refractivity contribution in [3.63, 3.8) is 0 Å². The van der Waals surface area contributed by atoms with Crippen molar-refractivity contribution < 1.29 is 0 Å². The number of hydrogen-bond acceptors (Lipinski definition) is 3. The summed E-state index contributed by atoms with van der Waals surface area (Å²) in [5.74, 6) is 0. The molecule has 0 radical (unpaired) electrons. The highest BCUT2D eigenvalue weighted by atomic mass is 35.7. The topological polar surface area (TPSA) is 18.8 Å². The smallest absolute Gasteiger partial charge is 0.210 e. The predicted molar refractivity (Wildman–Crippen MR) is 57.5 cm³/mol. The van der Waals surface area contributed by atoms with Crippen molar-refractivity contribution >= 4 is 79.6 Å². The van der Waals surface area contributed by atoms with E-state index in [1.807, 2.05) is 0 Å². The van der Waals surface area contributed by atoms with E-state index in [0.29, 0.717) is 0 Å². The molecule has 3 nitrogen and oxygen atoms in total. The van der Waals surface area contributed by atoms with Gasteiger partial charge >= 0.3 is 0 Å². The zero-order chi connectivity index (χ0) is 8.59. The highest BCUT2D eigenvalue weighted by molar-refractivity contribution is 8.03. The summed E-state index contributed by atoms with van der Waals surface area (Å²) in [5.41, 5.74) is 0. The van der Waals surface area contributed by atoms with Gasteiger partial charge in [-0.1, -0.05) is 22.5 Å². The molecule has 0 bridgehead atoms. The molecular formula is HCl5N3P3. The normalized spacial score (nSPS) is 42.1. The maximum atomic E-state index is 5.77. The molecule has 0 amide bonds. The Hall–Kier alpha value is 2.46. The van der Waals surface area contributed by atoms with E-state index in [2.05, 4.69) is 4.52 Å². The number of halogens is 5. The highest BCUT2D eigenvalue weighted by Crippen LogP contribution is 2.77. The SMILES string of the molecule is ClN1P(Cl)N=[PH](Cl)N(Cl)P1Cl. The zero-order valence-corrected chi connectivity index (χ0v) is 11.2. The molecule has 3 unspecified atom stereocenters. The van der Waals surface area contributed by atoms with Gasteiger partial charge in [0.15, 0.2) is 7.58 Å². The first-order valence-corrected chi connectivity index (χ1v) is 9.50. The minimum Gasteiger partial charge on any atom is -0.217 e. The Balaban J connectivity index is 2.83. The van der Waals surface area contributed by atoms with Crippen LogP contribution in [0.1, 0.15) is 0 Å². The average molecular weight is 313 g/mol. The molecule has 1 aliphatic heterocycles. The quantitative estimate of drug-likeness (QED) is 0.446. The molecule has 0 fully saturated rings. The fraction of sp³-hybridized carbons (Fsp3) is 0. The van der Waals surface area contributed by atoms with Crippen LogP contribution in [0.15, 0.2) is 4.52 Å². The molecule has 66 valence electrons. The summed E-state index contributed by atoms with van der Waals surface area (Å²) in [6, 6.07) is 0. The lowest BCUT2D eigenvalue weighted by Crippen LogP contribution is -2.02. The van der Waals surface area contributed by atoms with Gasteiger partial charge in [-0.2, -0.15) is 0 Å². The fourth-order valence-corrected chi connectivity index (χ4v) is 10.3. The van der Waals surface area contributed by atoms with Crippen LogP contribution in [0.2, 0.25) is 0 Å². The lowest BCUT2D eigenvalue weighted by Gasteiger charge is -2.30. The number of nitrogens with zero attached hydrogens (tertiary/aromatic N) is 3. The summed E-state index contributed by atoms with van der Waals surface area (Å²) >= 11 is 28.5. The molecule has 3 atom stereocenters. The second-order valence-corrected chi connectivity index (χ2v) is 10.5. The van der Waals surface area contributed by atoms with Gasteiger partial charge in [0.25, 0.3) is 0 Å². The lowest BCUT2D eigenvalue weighted by molar-refractivity contribution is 1.06. The van der Waals surface area contributed by atoms with Crippen molar-refractivity contribution in [1.29, 1.82) is 0 Å². The summed E-state index contributed by atoms with van der Waals surface area (Å²) in [6.45, 7) is 0. The minimum atomic E-state index is -1.64. The van der Waals surface area contributed by atoms with Crippen LogP contribution in [-0.2, 0) is 0 Å². The second kappa shape index (κ2) is 4.80. The largest absolute Gasteiger partial charge is 0.217 e. The van der Waals surface area contributed by atoms with E-state index >= 15 is 0 Å². The Morgan fingerprint density at radius 3 is 2.36 bits per heavy atom. The van der Waals surface area contributed by atoms with Crippen molar-refractivity contribution in [2.24, 2.45) is 4.52 Å². The van der Waals surface area contributed by atoms with Crippen molar-refractivity contribution in [2.45, 2.75) is 0 Å². The number of rotatable bonds is 0. The van der Waals surface area contributed by atoms with E-state index in [-0.39, 0.29) is 0 Å². The van der Waals surface area contributed by atoms with Crippen LogP contribution in [0.5, 0.6) is 0 Å². The molecule has 11 heteroatoms. The van der Waals surface area contributed by atoms with Crippen molar-refractivity contribution in [3.8, 4) is 0 Å². The van der Waals surface area contributed by atoms with E-state index in [4.69, 9.17) is 57.3 Å². The summed E-state index contributed by atoms with van der Waals surface area (Å²) in [7, 11) is -4.22. The van der Waals surface area contributed by atoms with Crippen LogP contribution in [0.4, 0.5) is 0 Å². The summed E-state index contributed by atoms with van der Waals surface area (Å²) < 4.78 is 6.35. The van der Waals surface area contributed by atoms with Gasteiger partial charge in [0.1, 0.15) is 7.22 Å². The van der Waals surface area contributed by atoms with E-state index in [1.165, 1.54) is 7.92 Å². The first kappa shape index (κ1) is 11.5. The van der Waals surface area contributed by atoms with Crippen molar-refractivity contribution in [1.82, 2.24) is 7.92 Å². The molecule has 0 spiro atoms. The van der Waals surface area contributed by atoms with Crippen LogP contribution in [0.3, 0.4) is 0 Å². The maximum Gasteiger partial charge on any atom is 0.210 e. The maximum absolute atomic E-state index is 5.77. The Labute approximate surface area is 91.7 Å². The van der Waals surface area contributed by atoms with Crippen molar-refractivity contribution in [3.05, 3.63) is 0 Å². The Bertz CT molecular complexity index is 184. The molecule has 0 aromatic rings. The minimum absolute atomic E-state index is 1.21. The highest BCUT2D eigenvalue weighted by Gasteiger charge is 2.34. The third-order valence-corrected chi connectivity index (χ3v) is 12.7. The molecule has 0 N–H and O–H groups in total. The van der Waals surface area contributed by atoms with Crippen molar-refractivity contribution in [2.75, 3.05) is 0 Å². The van der Waals surface area contributed by atoms with Gasteiger partial charge in [0.2, 0.25) is 7.58 Å². The van der Waals surface area contributed by atoms with E-state index in [0.717, 1.165) is 0 Å². The van der Waals surface area contributed by atoms with Crippen LogP contribution >= 0.6 is 79.6 Å². The van der Waals surface area contributed by atoms with Crippen LogP contribution < -0.4 is 0 Å². The first-order chi connectivity index (χ1) is 5.04. The molecule has 0 aromatic heterocycles. The molecule has 1 heterocycles. The average Bonchev–Trinajstić information content (AvgIpc) is 1.97.